The van der Waals surface area contributed by atoms with Gasteiger partial charge in [-0.25, -0.2) is 0 Å². The predicted octanol–water partition coefficient (Wildman–Crippen LogP) is 0.964. The van der Waals surface area contributed by atoms with Crippen molar-refractivity contribution in [2.75, 3.05) is 12.4 Å². The Labute approximate surface area is 143 Å². The second kappa shape index (κ2) is 6.71. The summed E-state index contributed by atoms with van der Waals surface area (Å²) in [5, 5.41) is 14.8. The molecule has 0 fully saturated rings. The summed E-state index contributed by atoms with van der Waals surface area (Å²) in [5.74, 6) is 0.238. The number of rotatable bonds is 5. The summed E-state index contributed by atoms with van der Waals surface area (Å²) in [4.78, 5) is 24.8. The maximum absolute atomic E-state index is 12.6. The molecular formula is C16H18N6O3. The molecule has 0 atom stereocenters. The molecule has 3 rings (SSSR count). The standard InChI is InChI=1S/C16H18N6O3/c1-4-21-15-14(10(2)19-21)18-20-22(16(15)24)9-13(23)17-11-6-5-7-12(8-11)25-3/h5-8H,4,9H2,1-3H3,(H,17,23). The first-order chi connectivity index (χ1) is 12.0. The molecule has 1 amide bonds. The molecule has 3 aromatic rings. The zero-order valence-electron chi connectivity index (χ0n) is 14.2. The smallest absolute Gasteiger partial charge is 0.296 e. The zero-order valence-corrected chi connectivity index (χ0v) is 14.2. The van der Waals surface area contributed by atoms with Crippen LogP contribution in [0.3, 0.4) is 0 Å². The van der Waals surface area contributed by atoms with E-state index < -0.39 is 5.56 Å². The predicted molar refractivity (Wildman–Crippen MR) is 91.6 cm³/mol. The van der Waals surface area contributed by atoms with Crippen LogP contribution in [0.2, 0.25) is 0 Å². The molecule has 0 spiro atoms. The third kappa shape index (κ3) is 3.21. The van der Waals surface area contributed by atoms with Gasteiger partial charge in [0.2, 0.25) is 5.91 Å². The van der Waals surface area contributed by atoms with Crippen LogP contribution in [0, 0.1) is 6.92 Å². The van der Waals surface area contributed by atoms with Gasteiger partial charge in [0.1, 0.15) is 17.8 Å². The maximum Gasteiger partial charge on any atom is 0.296 e. The zero-order chi connectivity index (χ0) is 18.0. The number of nitrogens with zero attached hydrogens (tertiary/aromatic N) is 5. The van der Waals surface area contributed by atoms with Crippen LogP contribution >= 0.6 is 0 Å². The number of nitrogens with one attached hydrogen (secondary N) is 1. The van der Waals surface area contributed by atoms with Gasteiger partial charge in [-0.15, -0.1) is 5.10 Å². The lowest BCUT2D eigenvalue weighted by Gasteiger charge is -2.08. The minimum absolute atomic E-state index is 0.243. The van der Waals surface area contributed by atoms with E-state index in [9.17, 15) is 9.59 Å². The lowest BCUT2D eigenvalue weighted by molar-refractivity contribution is -0.117. The minimum Gasteiger partial charge on any atom is -0.497 e. The topological polar surface area (TPSA) is 104 Å². The molecule has 25 heavy (non-hydrogen) atoms. The van der Waals surface area contributed by atoms with Crippen LogP contribution in [0.25, 0.3) is 11.0 Å². The van der Waals surface area contributed by atoms with Crippen LogP contribution in [0.15, 0.2) is 29.1 Å². The van der Waals surface area contributed by atoms with E-state index in [1.54, 1.807) is 43.0 Å². The first kappa shape index (κ1) is 16.6. The Balaban J connectivity index is 1.86. The number of hydrogen-bond acceptors (Lipinski definition) is 6. The first-order valence-corrected chi connectivity index (χ1v) is 7.78. The summed E-state index contributed by atoms with van der Waals surface area (Å²) < 4.78 is 7.71. The summed E-state index contributed by atoms with van der Waals surface area (Å²) in [5.41, 5.74) is 1.61. The number of ether oxygens (including phenoxy) is 1. The van der Waals surface area contributed by atoms with Crippen LogP contribution in [-0.4, -0.2) is 37.8 Å². The average molecular weight is 342 g/mol. The van der Waals surface area contributed by atoms with Gasteiger partial charge in [-0.2, -0.15) is 9.78 Å². The van der Waals surface area contributed by atoms with Gasteiger partial charge in [0, 0.05) is 18.3 Å². The highest BCUT2D eigenvalue weighted by Gasteiger charge is 2.16. The highest BCUT2D eigenvalue weighted by molar-refractivity contribution is 5.90. The monoisotopic (exact) mass is 342 g/mol. The number of benzene rings is 1. The van der Waals surface area contributed by atoms with E-state index in [0.717, 1.165) is 4.68 Å². The fraction of sp³-hybridized carbons (Fsp3) is 0.312. The van der Waals surface area contributed by atoms with E-state index in [0.29, 0.717) is 34.7 Å². The molecule has 0 aliphatic heterocycles. The third-order valence-corrected chi connectivity index (χ3v) is 3.73. The molecule has 0 bridgehead atoms. The van der Waals surface area contributed by atoms with Crippen molar-refractivity contribution in [2.24, 2.45) is 0 Å². The molecule has 2 heterocycles. The number of fused-ring (bicyclic) bond motifs is 1. The van der Waals surface area contributed by atoms with E-state index in [2.05, 4.69) is 20.7 Å². The van der Waals surface area contributed by atoms with E-state index in [1.165, 1.54) is 0 Å². The molecule has 130 valence electrons. The molecule has 0 saturated carbocycles. The van der Waals surface area contributed by atoms with Gasteiger partial charge in [-0.05, 0) is 26.0 Å². The Hall–Kier alpha value is -3.23. The van der Waals surface area contributed by atoms with Gasteiger partial charge in [0.05, 0.1) is 12.8 Å². The van der Waals surface area contributed by atoms with Crippen LogP contribution in [0.5, 0.6) is 5.75 Å². The Morgan fingerprint density at radius 2 is 2.12 bits per heavy atom. The van der Waals surface area contributed by atoms with Gasteiger partial charge < -0.3 is 10.1 Å². The maximum atomic E-state index is 12.6. The second-order valence-electron chi connectivity index (χ2n) is 5.43. The molecule has 1 N–H and O–H groups in total. The van der Waals surface area contributed by atoms with Crippen LogP contribution in [0.1, 0.15) is 12.6 Å². The summed E-state index contributed by atoms with van der Waals surface area (Å²) in [7, 11) is 1.55. The molecule has 0 aliphatic carbocycles. The van der Waals surface area contributed by atoms with Crippen molar-refractivity contribution in [3.63, 3.8) is 0 Å². The third-order valence-electron chi connectivity index (χ3n) is 3.73. The number of carbonyl (C=O) groups is 1. The molecule has 0 radical (unpaired) electrons. The van der Waals surface area contributed by atoms with E-state index in [1.807, 2.05) is 6.92 Å². The lowest BCUT2D eigenvalue weighted by atomic mass is 10.3. The molecular weight excluding hydrogens is 324 g/mol. The average Bonchev–Trinajstić information content (AvgIpc) is 2.94. The number of methoxy groups -OCH3 is 1. The van der Waals surface area contributed by atoms with Crippen LogP contribution in [0.4, 0.5) is 5.69 Å². The summed E-state index contributed by atoms with van der Waals surface area (Å²) in [6.45, 7) is 3.93. The van der Waals surface area contributed by atoms with Crippen LogP contribution in [-0.2, 0) is 17.9 Å². The Morgan fingerprint density at radius 3 is 2.84 bits per heavy atom. The van der Waals surface area contributed by atoms with Crippen LogP contribution < -0.4 is 15.6 Å². The quantitative estimate of drug-likeness (QED) is 0.741. The van der Waals surface area contributed by atoms with Gasteiger partial charge in [-0.1, -0.05) is 11.3 Å². The molecule has 9 nitrogen and oxygen atoms in total. The van der Waals surface area contributed by atoms with Crippen molar-refractivity contribution in [1.82, 2.24) is 24.8 Å². The van der Waals surface area contributed by atoms with Crippen molar-refractivity contribution in [2.45, 2.75) is 26.9 Å². The van der Waals surface area contributed by atoms with Crippen molar-refractivity contribution >= 4 is 22.6 Å². The number of hydrogen-bond donors (Lipinski definition) is 1. The Bertz CT molecular complexity index is 991. The SMILES string of the molecule is CCn1nc(C)c2nnn(CC(=O)Nc3cccc(OC)c3)c(=O)c21. The summed E-state index contributed by atoms with van der Waals surface area (Å²) in [6.07, 6.45) is 0. The minimum atomic E-state index is -0.395. The molecule has 9 heteroatoms. The van der Waals surface area contributed by atoms with Gasteiger partial charge in [-0.3, -0.25) is 14.3 Å². The molecule has 2 aromatic heterocycles. The summed E-state index contributed by atoms with van der Waals surface area (Å²) >= 11 is 0. The van der Waals surface area contributed by atoms with Gasteiger partial charge in [0.15, 0.2) is 5.52 Å². The Morgan fingerprint density at radius 1 is 1.32 bits per heavy atom. The normalized spacial score (nSPS) is 10.8. The molecule has 0 saturated heterocycles. The van der Waals surface area contributed by atoms with Gasteiger partial charge in [0.25, 0.3) is 5.56 Å². The fourth-order valence-electron chi connectivity index (χ4n) is 2.53. The summed E-state index contributed by atoms with van der Waals surface area (Å²) in [6, 6.07) is 6.95. The molecule has 0 unspecified atom stereocenters. The first-order valence-electron chi connectivity index (χ1n) is 7.78. The van der Waals surface area contributed by atoms with E-state index >= 15 is 0 Å². The number of carbonyl (C=O) groups excluding carboxylic acids is 1. The molecule has 1 aromatic carbocycles. The van der Waals surface area contributed by atoms with E-state index in [4.69, 9.17) is 4.74 Å². The second-order valence-corrected chi connectivity index (χ2v) is 5.43. The highest BCUT2D eigenvalue weighted by atomic mass is 16.5. The Kier molecular flexibility index (Phi) is 4.46. The fourth-order valence-corrected chi connectivity index (χ4v) is 2.53. The number of aromatic nitrogens is 5. The number of anilines is 1. The van der Waals surface area contributed by atoms with Crippen molar-refractivity contribution in [3.8, 4) is 5.75 Å². The van der Waals surface area contributed by atoms with E-state index in [-0.39, 0.29) is 12.5 Å². The van der Waals surface area contributed by atoms with Crippen molar-refractivity contribution in [1.29, 1.82) is 0 Å². The molecule has 0 aliphatic rings. The largest absolute Gasteiger partial charge is 0.497 e. The van der Waals surface area contributed by atoms with Crippen molar-refractivity contribution in [3.05, 3.63) is 40.3 Å². The van der Waals surface area contributed by atoms with Gasteiger partial charge >= 0.3 is 0 Å². The number of aryl methyl sites for hydroxylation is 2. The van der Waals surface area contributed by atoms with Crippen molar-refractivity contribution < 1.29 is 9.53 Å². The lowest BCUT2D eigenvalue weighted by Crippen LogP contribution is -2.31. The highest BCUT2D eigenvalue weighted by Crippen LogP contribution is 2.16. The number of amides is 1.